The topological polar surface area (TPSA) is 68.5 Å². The summed E-state index contributed by atoms with van der Waals surface area (Å²) in [5, 5.41) is 3.20. The fraction of sp³-hybridized carbons (Fsp3) is 0.632. The van der Waals surface area contributed by atoms with Crippen LogP contribution in [0.5, 0.6) is 0 Å². The van der Waals surface area contributed by atoms with Crippen LogP contribution in [0.2, 0.25) is 0 Å². The first-order valence-electron chi connectivity index (χ1n) is 8.98. The predicted octanol–water partition coefficient (Wildman–Crippen LogP) is 3.06. The van der Waals surface area contributed by atoms with Crippen LogP contribution in [0.15, 0.2) is 12.4 Å². The van der Waals surface area contributed by atoms with E-state index in [2.05, 4.69) is 29.1 Å². The van der Waals surface area contributed by atoms with Crippen LogP contribution >= 0.6 is 0 Å². The smallest absolute Gasteiger partial charge is 0.274 e. The number of aryl methyl sites for hydroxylation is 2. The molecular formula is C19H28N4O2. The third-order valence-electron chi connectivity index (χ3n) is 5.50. The summed E-state index contributed by atoms with van der Waals surface area (Å²) in [6, 6.07) is 1.98. The Bertz CT molecular complexity index is 773. The van der Waals surface area contributed by atoms with Gasteiger partial charge in [0, 0.05) is 24.0 Å². The number of methoxy groups -OCH3 is 1. The van der Waals surface area contributed by atoms with Gasteiger partial charge in [-0.15, -0.1) is 0 Å². The highest BCUT2D eigenvalue weighted by Crippen LogP contribution is 2.33. The lowest BCUT2D eigenvalue weighted by molar-refractivity contribution is 0.0396. The molecule has 1 saturated carbocycles. The van der Waals surface area contributed by atoms with E-state index >= 15 is 0 Å². The highest BCUT2D eigenvalue weighted by atomic mass is 16.5. The summed E-state index contributed by atoms with van der Waals surface area (Å²) in [5.41, 5.74) is 2.63. The van der Waals surface area contributed by atoms with Crippen LogP contribution in [0.25, 0.3) is 5.65 Å². The van der Waals surface area contributed by atoms with E-state index in [4.69, 9.17) is 4.74 Å². The molecule has 0 saturated heterocycles. The number of hydrogen-bond donors (Lipinski definition) is 1. The fourth-order valence-electron chi connectivity index (χ4n) is 3.91. The summed E-state index contributed by atoms with van der Waals surface area (Å²) < 4.78 is 7.31. The molecule has 2 heterocycles. The number of rotatable bonds is 4. The van der Waals surface area contributed by atoms with Gasteiger partial charge in [0.2, 0.25) is 0 Å². The number of nitrogens with one attached hydrogen (secondary N) is 1. The maximum Gasteiger partial charge on any atom is 0.274 e. The minimum atomic E-state index is -0.287. The molecule has 1 amide bonds. The molecule has 136 valence electrons. The molecule has 1 fully saturated rings. The zero-order valence-corrected chi connectivity index (χ0v) is 15.8. The van der Waals surface area contributed by atoms with E-state index in [1.54, 1.807) is 13.4 Å². The number of amides is 1. The van der Waals surface area contributed by atoms with Gasteiger partial charge in [-0.3, -0.25) is 9.20 Å². The van der Waals surface area contributed by atoms with E-state index in [0.717, 1.165) is 37.1 Å². The lowest BCUT2D eigenvalue weighted by Gasteiger charge is -2.39. The van der Waals surface area contributed by atoms with Crippen LogP contribution in [0.1, 0.15) is 61.4 Å². The maximum atomic E-state index is 12.9. The standard InChI is InChI=1S/C19H28N4O2/c1-12-10-13(2)23-11-20-16(17(23)21-12)18(24)22-19(3,4)14-6-8-15(25-5)9-7-14/h10-11,14-15H,6-9H2,1-5H3,(H,22,24)/t14-,15-. The molecule has 25 heavy (non-hydrogen) atoms. The molecule has 1 aliphatic carbocycles. The number of imidazole rings is 1. The molecule has 0 unspecified atom stereocenters. The molecule has 0 radical (unpaired) electrons. The normalized spacial score (nSPS) is 21.5. The van der Waals surface area contributed by atoms with Crippen molar-refractivity contribution < 1.29 is 9.53 Å². The molecule has 3 rings (SSSR count). The second-order valence-corrected chi connectivity index (χ2v) is 7.71. The number of carbonyl (C=O) groups excluding carboxylic acids is 1. The van der Waals surface area contributed by atoms with Gasteiger partial charge in [0.05, 0.1) is 6.10 Å². The number of carbonyl (C=O) groups is 1. The first kappa shape index (κ1) is 17.9. The second-order valence-electron chi connectivity index (χ2n) is 7.71. The molecule has 0 spiro atoms. The molecule has 0 aromatic carbocycles. The average Bonchev–Trinajstić information content (AvgIpc) is 2.98. The molecule has 6 nitrogen and oxygen atoms in total. The van der Waals surface area contributed by atoms with Crippen LogP contribution < -0.4 is 5.32 Å². The molecule has 0 aliphatic heterocycles. The lowest BCUT2D eigenvalue weighted by atomic mass is 9.75. The Kier molecular flexibility index (Phi) is 4.82. The molecule has 6 heteroatoms. The van der Waals surface area contributed by atoms with Gasteiger partial charge in [-0.1, -0.05) is 0 Å². The van der Waals surface area contributed by atoms with E-state index in [1.165, 1.54) is 0 Å². The Morgan fingerprint density at radius 1 is 1.28 bits per heavy atom. The summed E-state index contributed by atoms with van der Waals surface area (Å²) in [4.78, 5) is 21.7. The van der Waals surface area contributed by atoms with Crippen molar-refractivity contribution in [2.45, 2.75) is 65.0 Å². The molecule has 1 aliphatic rings. The fourth-order valence-corrected chi connectivity index (χ4v) is 3.91. The molecule has 1 N–H and O–H groups in total. The largest absolute Gasteiger partial charge is 0.381 e. The van der Waals surface area contributed by atoms with Crippen molar-refractivity contribution in [2.24, 2.45) is 5.92 Å². The second kappa shape index (κ2) is 6.75. The summed E-state index contributed by atoms with van der Waals surface area (Å²) >= 11 is 0. The lowest BCUT2D eigenvalue weighted by Crippen LogP contribution is -2.50. The van der Waals surface area contributed by atoms with E-state index in [1.807, 2.05) is 24.3 Å². The van der Waals surface area contributed by atoms with Gasteiger partial charge >= 0.3 is 0 Å². The van der Waals surface area contributed by atoms with Gasteiger partial charge in [0.15, 0.2) is 11.3 Å². The Labute approximate surface area is 149 Å². The van der Waals surface area contributed by atoms with Crippen LogP contribution in [0, 0.1) is 19.8 Å². The van der Waals surface area contributed by atoms with Crippen molar-refractivity contribution >= 4 is 11.6 Å². The SMILES string of the molecule is CO[C@H]1CC[C@H](C(C)(C)NC(=O)c2ncn3c(C)cc(C)nc23)CC1. The predicted molar refractivity (Wildman–Crippen MR) is 96.8 cm³/mol. The number of aromatic nitrogens is 3. The van der Waals surface area contributed by atoms with Gasteiger partial charge in [0.25, 0.3) is 5.91 Å². The van der Waals surface area contributed by atoms with Crippen molar-refractivity contribution in [3.63, 3.8) is 0 Å². The van der Waals surface area contributed by atoms with Crippen molar-refractivity contribution in [2.75, 3.05) is 7.11 Å². The summed E-state index contributed by atoms with van der Waals surface area (Å²) in [5.74, 6) is 0.284. The van der Waals surface area contributed by atoms with E-state index in [0.29, 0.717) is 23.4 Å². The van der Waals surface area contributed by atoms with E-state index < -0.39 is 0 Å². The highest BCUT2D eigenvalue weighted by Gasteiger charge is 2.35. The average molecular weight is 344 g/mol. The van der Waals surface area contributed by atoms with E-state index in [-0.39, 0.29) is 11.4 Å². The molecule has 0 bridgehead atoms. The van der Waals surface area contributed by atoms with Gasteiger partial charge in [-0.25, -0.2) is 9.97 Å². The molecule has 2 aromatic heterocycles. The molecular weight excluding hydrogens is 316 g/mol. The Hall–Kier alpha value is -1.95. The minimum absolute atomic E-state index is 0.154. The van der Waals surface area contributed by atoms with Crippen molar-refractivity contribution in [1.29, 1.82) is 0 Å². The quantitative estimate of drug-likeness (QED) is 0.925. The van der Waals surface area contributed by atoms with Crippen LogP contribution in [-0.2, 0) is 4.74 Å². The van der Waals surface area contributed by atoms with Gasteiger partial charge in [-0.05, 0) is 65.4 Å². The highest BCUT2D eigenvalue weighted by molar-refractivity contribution is 5.98. The van der Waals surface area contributed by atoms with Crippen molar-refractivity contribution in [1.82, 2.24) is 19.7 Å². The van der Waals surface area contributed by atoms with E-state index in [9.17, 15) is 4.79 Å². The number of hydrogen-bond acceptors (Lipinski definition) is 4. The number of ether oxygens (including phenoxy) is 1. The minimum Gasteiger partial charge on any atom is -0.381 e. The third kappa shape index (κ3) is 3.54. The maximum absolute atomic E-state index is 12.9. The van der Waals surface area contributed by atoms with Gasteiger partial charge in [-0.2, -0.15) is 0 Å². The Morgan fingerprint density at radius 3 is 2.60 bits per heavy atom. The summed E-state index contributed by atoms with van der Waals surface area (Å²) in [6.07, 6.45) is 6.25. The van der Waals surface area contributed by atoms with Crippen LogP contribution in [0.3, 0.4) is 0 Å². The first-order valence-corrected chi connectivity index (χ1v) is 8.98. The van der Waals surface area contributed by atoms with Crippen LogP contribution in [0.4, 0.5) is 0 Å². The number of fused-ring (bicyclic) bond motifs is 1. The van der Waals surface area contributed by atoms with Crippen molar-refractivity contribution in [3.05, 3.63) is 29.5 Å². The molecule has 0 atom stereocenters. The molecule has 2 aromatic rings. The summed E-state index contributed by atoms with van der Waals surface area (Å²) in [7, 11) is 1.78. The first-order chi connectivity index (χ1) is 11.8. The monoisotopic (exact) mass is 344 g/mol. The summed E-state index contributed by atoms with van der Waals surface area (Å²) in [6.45, 7) is 8.12. The number of nitrogens with zero attached hydrogens (tertiary/aromatic N) is 3. The van der Waals surface area contributed by atoms with Crippen LogP contribution in [-0.4, -0.2) is 39.0 Å². The van der Waals surface area contributed by atoms with Crippen molar-refractivity contribution in [3.8, 4) is 0 Å². The third-order valence-corrected chi connectivity index (χ3v) is 5.50. The Balaban J connectivity index is 1.78. The van der Waals surface area contributed by atoms with Gasteiger partial charge < -0.3 is 10.1 Å². The zero-order valence-electron chi connectivity index (χ0n) is 15.8. The Morgan fingerprint density at radius 2 is 1.96 bits per heavy atom. The zero-order chi connectivity index (χ0) is 18.2. The van der Waals surface area contributed by atoms with Gasteiger partial charge in [0.1, 0.15) is 6.33 Å².